The van der Waals surface area contributed by atoms with Gasteiger partial charge in [-0.1, -0.05) is 44.2 Å². The number of nitrogens with one attached hydrogen (secondary N) is 1. The number of carbonyl (C=O) groups is 2. The third kappa shape index (κ3) is 6.18. The van der Waals surface area contributed by atoms with Gasteiger partial charge in [0.05, 0.1) is 0 Å². The van der Waals surface area contributed by atoms with Gasteiger partial charge in [0.1, 0.15) is 0 Å². The fraction of sp³-hybridized carbons (Fsp3) is 0.375. The van der Waals surface area contributed by atoms with E-state index in [4.69, 9.17) is 4.74 Å². The third-order valence-corrected chi connectivity index (χ3v) is 2.95. The van der Waals surface area contributed by atoms with E-state index in [-0.39, 0.29) is 18.6 Å². The van der Waals surface area contributed by atoms with Crippen LogP contribution in [0.2, 0.25) is 0 Å². The monoisotopic (exact) mass is 275 g/mol. The van der Waals surface area contributed by atoms with Gasteiger partial charge in [-0.25, -0.2) is 4.79 Å². The fourth-order valence-electron chi connectivity index (χ4n) is 1.38. The van der Waals surface area contributed by atoms with Crippen LogP contribution in [0.3, 0.4) is 0 Å². The molecule has 1 aromatic rings. The third-order valence-electron chi connectivity index (χ3n) is 2.95. The summed E-state index contributed by atoms with van der Waals surface area (Å²) < 4.78 is 4.87. The molecule has 0 unspecified atom stereocenters. The van der Waals surface area contributed by atoms with Crippen molar-refractivity contribution in [1.82, 2.24) is 5.32 Å². The summed E-state index contributed by atoms with van der Waals surface area (Å²) >= 11 is 0. The predicted molar refractivity (Wildman–Crippen MR) is 78.9 cm³/mol. The number of esters is 1. The summed E-state index contributed by atoms with van der Waals surface area (Å²) in [7, 11) is 0. The van der Waals surface area contributed by atoms with Crippen molar-refractivity contribution in [1.29, 1.82) is 0 Å². The molecule has 0 aliphatic heterocycles. The van der Waals surface area contributed by atoms with Crippen LogP contribution in [0.4, 0.5) is 0 Å². The molecule has 1 aromatic carbocycles. The summed E-state index contributed by atoms with van der Waals surface area (Å²) in [6, 6.07) is 9.47. The second kappa shape index (κ2) is 8.15. The number of hydrogen-bond acceptors (Lipinski definition) is 3. The van der Waals surface area contributed by atoms with Crippen LogP contribution in [0.15, 0.2) is 36.4 Å². The first-order chi connectivity index (χ1) is 9.49. The van der Waals surface area contributed by atoms with Crippen molar-refractivity contribution in [2.45, 2.75) is 26.8 Å². The van der Waals surface area contributed by atoms with Crippen molar-refractivity contribution in [3.05, 3.63) is 42.0 Å². The summed E-state index contributed by atoms with van der Waals surface area (Å²) in [6.07, 6.45) is 2.96. The van der Waals surface area contributed by atoms with Gasteiger partial charge in [-0.2, -0.15) is 0 Å². The largest absolute Gasteiger partial charge is 0.452 e. The Kier molecular flexibility index (Phi) is 6.50. The van der Waals surface area contributed by atoms with Gasteiger partial charge in [0.15, 0.2) is 6.61 Å². The number of ether oxygens (including phenoxy) is 1. The SMILES string of the molecule is CC(C)[C@H](C)NC(=O)COC(=O)/C=C/c1ccccc1. The summed E-state index contributed by atoms with van der Waals surface area (Å²) in [5, 5.41) is 2.77. The van der Waals surface area contributed by atoms with Crippen LogP contribution in [-0.4, -0.2) is 24.5 Å². The predicted octanol–water partition coefficient (Wildman–Crippen LogP) is 2.40. The Morgan fingerprint density at radius 3 is 2.45 bits per heavy atom. The summed E-state index contributed by atoms with van der Waals surface area (Å²) in [6.45, 7) is 5.69. The van der Waals surface area contributed by atoms with E-state index in [1.54, 1.807) is 6.08 Å². The lowest BCUT2D eigenvalue weighted by atomic mass is 10.1. The van der Waals surface area contributed by atoms with Crippen LogP contribution in [0.5, 0.6) is 0 Å². The van der Waals surface area contributed by atoms with Crippen molar-refractivity contribution in [2.75, 3.05) is 6.61 Å². The molecule has 1 amide bonds. The van der Waals surface area contributed by atoms with E-state index in [9.17, 15) is 9.59 Å². The van der Waals surface area contributed by atoms with Crippen molar-refractivity contribution >= 4 is 18.0 Å². The van der Waals surface area contributed by atoms with Gasteiger partial charge in [-0.05, 0) is 24.5 Å². The maximum absolute atomic E-state index is 11.5. The highest BCUT2D eigenvalue weighted by Crippen LogP contribution is 2.01. The zero-order valence-corrected chi connectivity index (χ0v) is 12.1. The smallest absolute Gasteiger partial charge is 0.331 e. The lowest BCUT2D eigenvalue weighted by molar-refractivity contribution is -0.144. The van der Waals surface area contributed by atoms with Crippen LogP contribution < -0.4 is 5.32 Å². The van der Waals surface area contributed by atoms with E-state index in [1.807, 2.05) is 51.1 Å². The van der Waals surface area contributed by atoms with Crippen LogP contribution >= 0.6 is 0 Å². The lowest BCUT2D eigenvalue weighted by Crippen LogP contribution is -2.38. The standard InChI is InChI=1S/C16H21NO3/c1-12(2)13(3)17-15(18)11-20-16(19)10-9-14-7-5-4-6-8-14/h4-10,12-13H,11H2,1-3H3,(H,17,18)/b10-9+/t13-/m0/s1. The van der Waals surface area contributed by atoms with Gasteiger partial charge in [0.25, 0.3) is 5.91 Å². The minimum absolute atomic E-state index is 0.0565. The van der Waals surface area contributed by atoms with E-state index >= 15 is 0 Å². The molecule has 1 rings (SSSR count). The van der Waals surface area contributed by atoms with Crippen LogP contribution in [0.25, 0.3) is 6.08 Å². The molecule has 0 aliphatic carbocycles. The Labute approximate surface area is 119 Å². The first kappa shape index (κ1) is 16.0. The second-order valence-corrected chi connectivity index (χ2v) is 4.95. The Morgan fingerprint density at radius 2 is 1.85 bits per heavy atom. The van der Waals surface area contributed by atoms with Gasteiger partial charge in [0, 0.05) is 12.1 Å². The van der Waals surface area contributed by atoms with Gasteiger partial charge < -0.3 is 10.1 Å². The van der Waals surface area contributed by atoms with Crippen molar-refractivity contribution in [3.63, 3.8) is 0 Å². The molecule has 4 heteroatoms. The van der Waals surface area contributed by atoms with Crippen LogP contribution in [0.1, 0.15) is 26.3 Å². The Bertz CT molecular complexity index is 466. The quantitative estimate of drug-likeness (QED) is 0.640. The highest BCUT2D eigenvalue weighted by Gasteiger charge is 2.11. The number of carbonyl (C=O) groups excluding carboxylic acids is 2. The minimum atomic E-state index is -0.527. The molecule has 0 aromatic heterocycles. The number of hydrogen-bond donors (Lipinski definition) is 1. The zero-order valence-electron chi connectivity index (χ0n) is 12.1. The molecular weight excluding hydrogens is 254 g/mol. The Balaban J connectivity index is 2.33. The van der Waals surface area contributed by atoms with Crippen molar-refractivity contribution in [3.8, 4) is 0 Å². The fourth-order valence-corrected chi connectivity index (χ4v) is 1.38. The van der Waals surface area contributed by atoms with Crippen LogP contribution in [-0.2, 0) is 14.3 Å². The molecule has 20 heavy (non-hydrogen) atoms. The maximum atomic E-state index is 11.5. The van der Waals surface area contributed by atoms with E-state index < -0.39 is 5.97 Å². The van der Waals surface area contributed by atoms with Crippen molar-refractivity contribution in [2.24, 2.45) is 5.92 Å². The Hall–Kier alpha value is -2.10. The molecule has 1 N–H and O–H groups in total. The molecule has 0 spiro atoms. The molecule has 108 valence electrons. The van der Waals surface area contributed by atoms with E-state index in [2.05, 4.69) is 5.32 Å². The molecule has 0 saturated carbocycles. The molecule has 0 fully saturated rings. The number of rotatable bonds is 6. The molecule has 0 saturated heterocycles. The Morgan fingerprint density at radius 1 is 1.20 bits per heavy atom. The van der Waals surface area contributed by atoms with Gasteiger partial charge in [-0.3, -0.25) is 4.79 Å². The first-order valence-corrected chi connectivity index (χ1v) is 6.68. The number of amides is 1. The van der Waals surface area contributed by atoms with E-state index in [0.29, 0.717) is 5.92 Å². The zero-order chi connectivity index (χ0) is 15.0. The second-order valence-electron chi connectivity index (χ2n) is 4.95. The molecule has 0 heterocycles. The van der Waals surface area contributed by atoms with E-state index in [1.165, 1.54) is 6.08 Å². The molecular formula is C16H21NO3. The normalized spacial score (nSPS) is 12.4. The number of benzene rings is 1. The molecule has 0 radical (unpaired) electrons. The van der Waals surface area contributed by atoms with Crippen molar-refractivity contribution < 1.29 is 14.3 Å². The average Bonchev–Trinajstić information content (AvgIpc) is 2.43. The summed E-state index contributed by atoms with van der Waals surface area (Å²) in [5.74, 6) is -0.471. The van der Waals surface area contributed by atoms with Crippen LogP contribution in [0, 0.1) is 5.92 Å². The minimum Gasteiger partial charge on any atom is -0.452 e. The summed E-state index contributed by atoms with van der Waals surface area (Å²) in [5.41, 5.74) is 0.905. The van der Waals surface area contributed by atoms with Gasteiger partial charge >= 0.3 is 5.97 Å². The molecule has 4 nitrogen and oxygen atoms in total. The summed E-state index contributed by atoms with van der Waals surface area (Å²) in [4.78, 5) is 23.0. The van der Waals surface area contributed by atoms with E-state index in [0.717, 1.165) is 5.56 Å². The topological polar surface area (TPSA) is 55.4 Å². The highest BCUT2D eigenvalue weighted by atomic mass is 16.5. The first-order valence-electron chi connectivity index (χ1n) is 6.68. The average molecular weight is 275 g/mol. The molecule has 0 bridgehead atoms. The molecule has 1 atom stereocenters. The molecule has 0 aliphatic rings. The maximum Gasteiger partial charge on any atom is 0.331 e. The van der Waals surface area contributed by atoms with Gasteiger partial charge in [-0.15, -0.1) is 0 Å². The van der Waals surface area contributed by atoms with Gasteiger partial charge in [0.2, 0.25) is 0 Å². The lowest BCUT2D eigenvalue weighted by Gasteiger charge is -2.16. The highest BCUT2D eigenvalue weighted by molar-refractivity contribution is 5.89.